The Hall–Kier alpha value is -2.92. The molecular weight excluding hydrogens is 476 g/mol. The van der Waals surface area contributed by atoms with Crippen LogP contribution in [0, 0.1) is 0 Å². The maximum absolute atomic E-state index is 9.08. The summed E-state index contributed by atoms with van der Waals surface area (Å²) >= 11 is 0. The molecule has 3 aromatic carbocycles. The van der Waals surface area contributed by atoms with Gasteiger partial charge in [0.15, 0.2) is 0 Å². The molecular formula is C24H28N2O6S2-2. The van der Waals surface area contributed by atoms with Gasteiger partial charge in [0.25, 0.3) is 0 Å². The van der Waals surface area contributed by atoms with Crippen LogP contribution in [0.2, 0.25) is 0 Å². The van der Waals surface area contributed by atoms with Gasteiger partial charge in [-0.15, -0.1) is 0 Å². The lowest BCUT2D eigenvalue weighted by molar-refractivity contribution is 0.468. The van der Waals surface area contributed by atoms with E-state index < -0.39 is 20.2 Å². The van der Waals surface area contributed by atoms with Crippen LogP contribution in [0.25, 0.3) is 44.3 Å². The number of hydrogen-bond donors (Lipinski definition) is 0. The van der Waals surface area contributed by atoms with Crippen molar-refractivity contribution in [3.63, 3.8) is 0 Å². The Morgan fingerprint density at radius 2 is 0.912 bits per heavy atom. The summed E-state index contributed by atoms with van der Waals surface area (Å²) < 4.78 is 54.5. The molecule has 5 rings (SSSR count). The van der Waals surface area contributed by atoms with Crippen LogP contribution in [0.5, 0.6) is 0 Å². The molecule has 0 N–H and O–H groups in total. The standard InChI is InChI=1S/C18H10N2.2C2H6.2CH4O3S/c1-2-10-15-14(9-1)19-17-12-7-3-5-11-6-4-8-13(16(11)12)18(17)20-15;2*1-2;2*1-5(2,3)4/h1-10H;2*1-2H3;2*1H3,(H,2,3,4)/p-2. The zero-order valence-corrected chi connectivity index (χ0v) is 21.6. The van der Waals surface area contributed by atoms with Gasteiger partial charge in [0.2, 0.25) is 0 Å². The average Bonchev–Trinajstić information content (AvgIpc) is 3.08. The highest BCUT2D eigenvalue weighted by molar-refractivity contribution is 7.85. The fourth-order valence-corrected chi connectivity index (χ4v) is 3.11. The van der Waals surface area contributed by atoms with Crippen molar-refractivity contribution in [2.24, 2.45) is 0 Å². The molecule has 0 amide bonds. The number of fused-ring (bicyclic) bond motifs is 4. The van der Waals surface area contributed by atoms with Gasteiger partial charge < -0.3 is 9.11 Å². The van der Waals surface area contributed by atoms with Gasteiger partial charge in [0.1, 0.15) is 0 Å². The van der Waals surface area contributed by atoms with Gasteiger partial charge in [0.05, 0.1) is 42.7 Å². The molecule has 0 spiro atoms. The van der Waals surface area contributed by atoms with E-state index in [0.717, 1.165) is 22.4 Å². The molecule has 0 bridgehead atoms. The molecule has 1 aliphatic carbocycles. The van der Waals surface area contributed by atoms with Crippen LogP contribution >= 0.6 is 0 Å². The molecule has 0 saturated heterocycles. The van der Waals surface area contributed by atoms with Crippen molar-refractivity contribution in [2.75, 3.05) is 12.5 Å². The zero-order chi connectivity index (χ0) is 26.1. The number of para-hydroxylation sites is 2. The first-order valence-electron chi connectivity index (χ1n) is 10.5. The predicted molar refractivity (Wildman–Crippen MR) is 135 cm³/mol. The Morgan fingerprint density at radius 1 is 0.588 bits per heavy atom. The van der Waals surface area contributed by atoms with Crippen molar-refractivity contribution in [2.45, 2.75) is 27.7 Å². The molecule has 10 heteroatoms. The molecule has 0 atom stereocenters. The normalized spacial score (nSPS) is 10.8. The van der Waals surface area contributed by atoms with E-state index in [4.69, 9.17) is 35.9 Å². The summed E-state index contributed by atoms with van der Waals surface area (Å²) in [5, 5.41) is 2.53. The summed E-state index contributed by atoms with van der Waals surface area (Å²) in [6.45, 7) is 8.00. The van der Waals surface area contributed by atoms with Gasteiger partial charge >= 0.3 is 0 Å². The van der Waals surface area contributed by atoms with Gasteiger partial charge in [-0.2, -0.15) is 0 Å². The van der Waals surface area contributed by atoms with E-state index in [1.807, 2.05) is 52.0 Å². The summed E-state index contributed by atoms with van der Waals surface area (Å²) in [6.07, 6.45) is 1.21. The Labute approximate surface area is 201 Å². The average molecular weight is 505 g/mol. The maximum Gasteiger partial charge on any atom is 0.0979 e. The molecule has 34 heavy (non-hydrogen) atoms. The van der Waals surface area contributed by atoms with Gasteiger partial charge in [-0.1, -0.05) is 76.2 Å². The Kier molecular flexibility index (Phi) is 10.7. The first-order chi connectivity index (χ1) is 15.9. The summed E-state index contributed by atoms with van der Waals surface area (Å²) in [5.41, 5.74) is 6.33. The van der Waals surface area contributed by atoms with Gasteiger partial charge in [0, 0.05) is 29.0 Å². The monoisotopic (exact) mass is 504 g/mol. The summed E-state index contributed by atoms with van der Waals surface area (Å²) in [5.74, 6) is 0. The van der Waals surface area contributed by atoms with Crippen molar-refractivity contribution in [1.29, 1.82) is 0 Å². The minimum atomic E-state index is -3.92. The third-order valence-electron chi connectivity index (χ3n) is 3.99. The van der Waals surface area contributed by atoms with E-state index in [1.165, 1.54) is 21.9 Å². The second-order valence-corrected chi connectivity index (χ2v) is 9.34. The van der Waals surface area contributed by atoms with Crippen LogP contribution in [0.4, 0.5) is 0 Å². The molecule has 0 aliphatic heterocycles. The fraction of sp³-hybridized carbons (Fsp3) is 0.250. The summed E-state index contributed by atoms with van der Waals surface area (Å²) in [6, 6.07) is 20.8. The Balaban J connectivity index is 0.000000349. The van der Waals surface area contributed by atoms with Crippen molar-refractivity contribution < 1.29 is 25.9 Å². The quantitative estimate of drug-likeness (QED) is 0.274. The number of benzene rings is 3. The minimum absolute atomic E-state index is 0.604. The lowest BCUT2D eigenvalue weighted by Crippen LogP contribution is -1.89. The molecule has 4 aromatic rings. The molecule has 0 radical (unpaired) electrons. The van der Waals surface area contributed by atoms with Crippen LogP contribution in [-0.4, -0.2) is 48.4 Å². The van der Waals surface area contributed by atoms with E-state index in [-0.39, 0.29) is 0 Å². The van der Waals surface area contributed by atoms with Crippen LogP contribution in [-0.2, 0) is 20.2 Å². The number of hydrogen-bond acceptors (Lipinski definition) is 8. The predicted octanol–water partition coefficient (Wildman–Crippen LogP) is 4.81. The molecule has 0 saturated carbocycles. The number of rotatable bonds is 0. The fourth-order valence-electron chi connectivity index (χ4n) is 3.11. The molecule has 0 unspecified atom stereocenters. The van der Waals surface area contributed by atoms with Crippen molar-refractivity contribution in [3.05, 3.63) is 60.7 Å². The van der Waals surface area contributed by atoms with Crippen LogP contribution < -0.4 is 0 Å². The molecule has 1 aliphatic rings. The zero-order valence-electron chi connectivity index (χ0n) is 19.9. The van der Waals surface area contributed by atoms with Gasteiger partial charge in [-0.3, -0.25) is 0 Å². The van der Waals surface area contributed by atoms with Crippen LogP contribution in [0.15, 0.2) is 60.7 Å². The van der Waals surface area contributed by atoms with Crippen molar-refractivity contribution >= 4 is 42.0 Å². The van der Waals surface area contributed by atoms with Crippen LogP contribution in [0.1, 0.15) is 27.7 Å². The molecule has 1 heterocycles. The first-order valence-corrected chi connectivity index (χ1v) is 14.2. The van der Waals surface area contributed by atoms with E-state index in [2.05, 4.69) is 36.4 Å². The molecule has 1 aromatic heterocycles. The topological polar surface area (TPSA) is 140 Å². The third kappa shape index (κ3) is 8.45. The van der Waals surface area contributed by atoms with Gasteiger partial charge in [-0.05, 0) is 17.5 Å². The highest BCUT2D eigenvalue weighted by Gasteiger charge is 2.23. The second kappa shape index (κ2) is 12.5. The third-order valence-corrected chi connectivity index (χ3v) is 3.99. The lowest BCUT2D eigenvalue weighted by atomic mass is 10.0. The van der Waals surface area contributed by atoms with E-state index >= 15 is 0 Å². The smallest absolute Gasteiger partial charge is 0.0979 e. The Bertz CT molecular complexity index is 1340. The summed E-state index contributed by atoms with van der Waals surface area (Å²) in [7, 11) is -7.83. The second-order valence-electron chi connectivity index (χ2n) is 6.53. The number of aromatic nitrogens is 2. The minimum Gasteiger partial charge on any atom is -0.748 e. The van der Waals surface area contributed by atoms with E-state index in [0.29, 0.717) is 12.5 Å². The maximum atomic E-state index is 9.08. The van der Waals surface area contributed by atoms with Crippen molar-refractivity contribution in [1.82, 2.24) is 9.97 Å². The Morgan fingerprint density at radius 3 is 1.24 bits per heavy atom. The number of nitrogens with zero attached hydrogens (tertiary/aromatic N) is 2. The van der Waals surface area contributed by atoms with E-state index in [1.54, 1.807) is 0 Å². The first kappa shape index (κ1) is 29.1. The lowest BCUT2D eigenvalue weighted by Gasteiger charge is -2.02. The van der Waals surface area contributed by atoms with Gasteiger partial charge in [-0.25, -0.2) is 26.8 Å². The molecule has 8 nitrogen and oxygen atoms in total. The van der Waals surface area contributed by atoms with Crippen LogP contribution in [0.3, 0.4) is 0 Å². The van der Waals surface area contributed by atoms with E-state index in [9.17, 15) is 0 Å². The van der Waals surface area contributed by atoms with Crippen molar-refractivity contribution in [3.8, 4) is 22.5 Å². The highest BCUT2D eigenvalue weighted by Crippen LogP contribution is 2.45. The summed E-state index contributed by atoms with van der Waals surface area (Å²) in [4.78, 5) is 9.67. The molecule has 184 valence electrons. The SMILES string of the molecule is CC.CC.CS(=O)(=O)[O-].CS(=O)(=O)[O-].c1cc2c3c(cccc3c1)-c1nc3ccccc3nc1-2. The molecule has 0 fully saturated rings. The largest absolute Gasteiger partial charge is 0.748 e. The highest BCUT2D eigenvalue weighted by atomic mass is 32.2.